The first kappa shape index (κ1) is 19.8. The van der Waals surface area contributed by atoms with E-state index in [1.54, 1.807) is 12.0 Å². The van der Waals surface area contributed by atoms with Gasteiger partial charge in [0.25, 0.3) is 5.91 Å². The van der Waals surface area contributed by atoms with E-state index in [2.05, 4.69) is 0 Å². The molecular formula is C20H19FN2O4S. The van der Waals surface area contributed by atoms with Crippen molar-refractivity contribution in [3.8, 4) is 5.75 Å². The molecule has 1 N–H and O–H groups in total. The molecule has 28 heavy (non-hydrogen) atoms. The van der Waals surface area contributed by atoms with Crippen molar-refractivity contribution >= 4 is 34.9 Å². The van der Waals surface area contributed by atoms with E-state index in [1.165, 1.54) is 29.2 Å². The normalized spacial score (nSPS) is 16.6. The third-order valence-corrected chi connectivity index (χ3v) is 4.99. The van der Waals surface area contributed by atoms with Gasteiger partial charge in [-0.3, -0.25) is 14.5 Å². The summed E-state index contributed by atoms with van der Waals surface area (Å²) < 4.78 is 18.4. The number of halogens is 1. The van der Waals surface area contributed by atoms with Crippen LogP contribution in [-0.2, 0) is 16.0 Å². The number of hydrogen-bond donors (Lipinski definition) is 1. The largest absolute Gasteiger partial charge is 0.497 e. The van der Waals surface area contributed by atoms with Crippen LogP contribution < -0.4 is 9.64 Å². The molecule has 0 aliphatic carbocycles. The number of nitrogens with zero attached hydrogens (tertiary/aromatic N) is 2. The summed E-state index contributed by atoms with van der Waals surface area (Å²) >= 11 is 5.46. The van der Waals surface area contributed by atoms with Gasteiger partial charge in [-0.25, -0.2) is 4.39 Å². The predicted molar refractivity (Wildman–Crippen MR) is 106 cm³/mol. The van der Waals surface area contributed by atoms with Crippen molar-refractivity contribution in [2.24, 2.45) is 0 Å². The molecule has 0 saturated carbocycles. The van der Waals surface area contributed by atoms with Crippen molar-refractivity contribution < 1.29 is 23.8 Å². The number of thiocarbonyl (C=S) groups is 1. The zero-order chi connectivity index (χ0) is 20.3. The molecule has 1 heterocycles. The molecule has 0 spiro atoms. The fraction of sp³-hybridized carbons (Fsp3) is 0.250. The Morgan fingerprint density at radius 3 is 2.39 bits per heavy atom. The Morgan fingerprint density at radius 2 is 1.82 bits per heavy atom. The summed E-state index contributed by atoms with van der Waals surface area (Å²) in [5.74, 6) is -1.20. The number of anilines is 1. The fourth-order valence-corrected chi connectivity index (χ4v) is 3.54. The van der Waals surface area contributed by atoms with Crippen molar-refractivity contribution in [3.63, 3.8) is 0 Å². The number of carboxylic acids is 1. The summed E-state index contributed by atoms with van der Waals surface area (Å²) in [5, 5.41) is 9.45. The summed E-state index contributed by atoms with van der Waals surface area (Å²) in [6.07, 6.45) is 0.212. The molecule has 1 unspecified atom stereocenters. The van der Waals surface area contributed by atoms with Crippen molar-refractivity contribution in [1.82, 2.24) is 4.90 Å². The molecule has 2 aromatic carbocycles. The summed E-state index contributed by atoms with van der Waals surface area (Å²) in [7, 11) is 1.59. The molecule has 0 radical (unpaired) electrons. The van der Waals surface area contributed by atoms with E-state index in [9.17, 15) is 19.1 Å². The lowest BCUT2D eigenvalue weighted by Gasteiger charge is -2.23. The average molecular weight is 402 g/mol. The average Bonchev–Trinajstić information content (AvgIpc) is 2.90. The van der Waals surface area contributed by atoms with Crippen LogP contribution in [0.3, 0.4) is 0 Å². The maximum atomic E-state index is 13.2. The number of hydrogen-bond acceptors (Lipinski definition) is 4. The zero-order valence-corrected chi connectivity index (χ0v) is 16.0. The molecule has 1 amide bonds. The predicted octanol–water partition coefficient (Wildman–Crippen LogP) is 2.85. The third-order valence-electron chi connectivity index (χ3n) is 4.57. The van der Waals surface area contributed by atoms with Gasteiger partial charge >= 0.3 is 5.97 Å². The van der Waals surface area contributed by atoms with E-state index in [1.807, 2.05) is 24.3 Å². The van der Waals surface area contributed by atoms with Gasteiger partial charge in [0.2, 0.25) is 0 Å². The Morgan fingerprint density at radius 1 is 1.18 bits per heavy atom. The van der Waals surface area contributed by atoms with Gasteiger partial charge in [0.15, 0.2) is 5.11 Å². The Bertz CT molecular complexity index is 886. The minimum absolute atomic E-state index is 0.219. The molecule has 1 fully saturated rings. The van der Waals surface area contributed by atoms with Crippen LogP contribution in [0.4, 0.5) is 10.1 Å². The fourth-order valence-electron chi connectivity index (χ4n) is 3.12. The van der Waals surface area contributed by atoms with E-state index in [-0.39, 0.29) is 11.5 Å². The van der Waals surface area contributed by atoms with Crippen molar-refractivity contribution in [2.45, 2.75) is 18.9 Å². The van der Waals surface area contributed by atoms with Crippen molar-refractivity contribution in [2.75, 3.05) is 18.6 Å². The maximum Gasteiger partial charge on any atom is 0.305 e. The first-order valence-electron chi connectivity index (χ1n) is 8.65. The molecule has 0 bridgehead atoms. The van der Waals surface area contributed by atoms with E-state index in [0.717, 1.165) is 11.3 Å². The Labute approximate surface area is 167 Å². The number of carbonyl (C=O) groups excluding carboxylic acids is 1. The first-order chi connectivity index (χ1) is 13.4. The van der Waals surface area contributed by atoms with Gasteiger partial charge in [0, 0.05) is 6.54 Å². The third kappa shape index (κ3) is 4.12. The second-order valence-corrected chi connectivity index (χ2v) is 6.70. The molecule has 1 aliphatic heterocycles. The highest BCUT2D eigenvalue weighted by Crippen LogP contribution is 2.27. The molecule has 6 nitrogen and oxygen atoms in total. The highest BCUT2D eigenvalue weighted by Gasteiger charge is 2.43. The number of benzene rings is 2. The zero-order valence-electron chi connectivity index (χ0n) is 15.2. The van der Waals surface area contributed by atoms with Gasteiger partial charge in [-0.05, 0) is 60.6 Å². The highest BCUT2D eigenvalue weighted by molar-refractivity contribution is 7.80. The molecule has 3 rings (SSSR count). The number of ether oxygens (including phenoxy) is 1. The van der Waals surface area contributed by atoms with E-state index >= 15 is 0 Å². The lowest BCUT2D eigenvalue weighted by atomic mass is 10.1. The molecule has 8 heteroatoms. The highest BCUT2D eigenvalue weighted by atomic mass is 32.1. The quantitative estimate of drug-likeness (QED) is 0.719. The first-order valence-corrected chi connectivity index (χ1v) is 9.06. The van der Waals surface area contributed by atoms with E-state index in [4.69, 9.17) is 17.0 Å². The van der Waals surface area contributed by atoms with Crippen LogP contribution in [0.15, 0.2) is 48.5 Å². The second-order valence-electron chi connectivity index (χ2n) is 6.34. The molecule has 1 saturated heterocycles. The van der Waals surface area contributed by atoms with Crippen LogP contribution >= 0.6 is 12.2 Å². The number of carbonyl (C=O) groups is 2. The van der Waals surface area contributed by atoms with Gasteiger partial charge < -0.3 is 14.7 Å². The summed E-state index contributed by atoms with van der Waals surface area (Å²) in [4.78, 5) is 27.0. The van der Waals surface area contributed by atoms with Crippen LogP contribution in [0, 0.1) is 5.82 Å². The smallest absolute Gasteiger partial charge is 0.305 e. The minimum atomic E-state index is -1.09. The van der Waals surface area contributed by atoms with Gasteiger partial charge in [-0.1, -0.05) is 12.1 Å². The Hall–Kier alpha value is -3.00. The summed E-state index contributed by atoms with van der Waals surface area (Å²) in [5.41, 5.74) is 1.42. The van der Waals surface area contributed by atoms with Crippen LogP contribution in [0.2, 0.25) is 0 Å². The number of methoxy groups -OCH3 is 1. The van der Waals surface area contributed by atoms with Gasteiger partial charge in [-0.2, -0.15) is 0 Å². The molecule has 2 aromatic rings. The Balaban J connectivity index is 1.81. The lowest BCUT2D eigenvalue weighted by Crippen LogP contribution is -2.38. The van der Waals surface area contributed by atoms with Gasteiger partial charge in [-0.15, -0.1) is 0 Å². The second kappa shape index (κ2) is 8.35. The molecular weight excluding hydrogens is 383 g/mol. The van der Waals surface area contributed by atoms with Crippen LogP contribution in [0.25, 0.3) is 0 Å². The minimum Gasteiger partial charge on any atom is -0.497 e. The van der Waals surface area contributed by atoms with Crippen LogP contribution in [0.1, 0.15) is 12.0 Å². The van der Waals surface area contributed by atoms with E-state index in [0.29, 0.717) is 18.7 Å². The number of carboxylic acid groups (broad SMARTS) is 1. The topological polar surface area (TPSA) is 70.1 Å². The van der Waals surface area contributed by atoms with Gasteiger partial charge in [0.05, 0.1) is 19.2 Å². The monoisotopic (exact) mass is 402 g/mol. The summed E-state index contributed by atoms with van der Waals surface area (Å²) in [6.45, 7) is 0.381. The van der Waals surface area contributed by atoms with Crippen LogP contribution in [0.5, 0.6) is 5.75 Å². The SMILES string of the molecule is COc1ccc(CCN2C(=S)N(c3ccc(F)cc3)C(=O)C2CC(=O)O)cc1. The Kier molecular flexibility index (Phi) is 5.89. The van der Waals surface area contributed by atoms with Crippen molar-refractivity contribution in [3.05, 3.63) is 59.9 Å². The van der Waals surface area contributed by atoms with E-state index < -0.39 is 23.7 Å². The standard InChI is InChI=1S/C20H19FN2O4S/c1-27-16-8-2-13(3-9-16)10-11-22-17(12-18(24)25)19(26)23(20(22)28)15-6-4-14(21)5-7-15/h2-9,17H,10-12H2,1H3,(H,24,25). The summed E-state index contributed by atoms with van der Waals surface area (Å²) in [6, 6.07) is 12.0. The van der Waals surface area contributed by atoms with Crippen LogP contribution in [-0.4, -0.2) is 46.7 Å². The maximum absolute atomic E-state index is 13.2. The van der Waals surface area contributed by atoms with Crippen molar-refractivity contribution in [1.29, 1.82) is 0 Å². The molecule has 1 aliphatic rings. The number of aliphatic carboxylic acids is 1. The van der Waals surface area contributed by atoms with Gasteiger partial charge in [0.1, 0.15) is 17.6 Å². The molecule has 0 aromatic heterocycles. The molecule has 1 atom stereocenters. The lowest BCUT2D eigenvalue weighted by molar-refractivity contribution is -0.139. The molecule has 146 valence electrons. The number of amides is 1. The number of rotatable bonds is 7.